The van der Waals surface area contributed by atoms with E-state index in [9.17, 15) is 4.91 Å². The molecule has 3 heteroatoms. The molecule has 0 spiro atoms. The molecule has 0 fully saturated rings. The van der Waals surface area contributed by atoms with Gasteiger partial charge in [0.15, 0.2) is 0 Å². The predicted molar refractivity (Wildman–Crippen MR) is 45.7 cm³/mol. The largest absolute Gasteiger partial charge is 0.264 e. The molecule has 1 heterocycles. The van der Waals surface area contributed by atoms with E-state index in [1.807, 2.05) is 6.07 Å². The Labute approximate surface area is 70.8 Å². The Morgan fingerprint density at radius 1 is 1.58 bits per heavy atom. The molecule has 0 radical (unpaired) electrons. The fraction of sp³-hybridized carbons (Fsp3) is 0.444. The van der Waals surface area contributed by atoms with Crippen LogP contribution in [0.15, 0.2) is 23.6 Å². The normalized spacial score (nSPS) is 21.5. The van der Waals surface area contributed by atoms with Crippen LogP contribution in [0.3, 0.4) is 0 Å². The second-order valence-electron chi connectivity index (χ2n) is 3.09. The van der Waals surface area contributed by atoms with E-state index in [0.717, 1.165) is 24.8 Å². The quantitative estimate of drug-likeness (QED) is 0.594. The minimum Gasteiger partial charge on any atom is -0.264 e. The van der Waals surface area contributed by atoms with E-state index in [0.29, 0.717) is 0 Å². The maximum absolute atomic E-state index is 10.4. The third kappa shape index (κ3) is 1.11. The number of rotatable bonds is 1. The summed E-state index contributed by atoms with van der Waals surface area (Å²) >= 11 is 0. The molecule has 0 N–H and O–H groups in total. The molecule has 1 atom stereocenters. The van der Waals surface area contributed by atoms with Crippen molar-refractivity contribution in [3.63, 3.8) is 0 Å². The van der Waals surface area contributed by atoms with Gasteiger partial charge in [-0.1, -0.05) is 5.18 Å². The van der Waals surface area contributed by atoms with Crippen LogP contribution in [0.25, 0.3) is 0 Å². The number of hydrogen-bond donors (Lipinski definition) is 0. The maximum Gasteiger partial charge on any atom is 0.119 e. The average Bonchev–Trinajstić information content (AvgIpc) is 2.17. The second kappa shape index (κ2) is 3.01. The highest BCUT2D eigenvalue weighted by Gasteiger charge is 2.20. The summed E-state index contributed by atoms with van der Waals surface area (Å²) in [5.74, 6) is 0. The van der Waals surface area contributed by atoms with Crippen LogP contribution in [-0.2, 0) is 6.42 Å². The average molecular weight is 162 g/mol. The lowest BCUT2D eigenvalue weighted by molar-refractivity contribution is 0.567. The van der Waals surface area contributed by atoms with Gasteiger partial charge in [-0.3, -0.25) is 4.98 Å². The zero-order valence-electron chi connectivity index (χ0n) is 6.73. The molecule has 12 heavy (non-hydrogen) atoms. The van der Waals surface area contributed by atoms with Gasteiger partial charge in [-0.15, -0.1) is 0 Å². The minimum absolute atomic E-state index is 0.151. The maximum atomic E-state index is 10.4. The number of nitrogens with zero attached hydrogens (tertiary/aromatic N) is 2. The minimum atomic E-state index is -0.151. The fourth-order valence-corrected chi connectivity index (χ4v) is 1.71. The van der Waals surface area contributed by atoms with E-state index in [2.05, 4.69) is 10.2 Å². The van der Waals surface area contributed by atoms with Crippen molar-refractivity contribution in [1.82, 2.24) is 4.98 Å². The first kappa shape index (κ1) is 7.40. The molecule has 0 saturated carbocycles. The zero-order valence-corrected chi connectivity index (χ0v) is 6.73. The first-order chi connectivity index (χ1) is 5.92. The predicted octanol–water partition coefficient (Wildman–Crippen LogP) is 2.23. The summed E-state index contributed by atoms with van der Waals surface area (Å²) in [5, 5.41) is 3.10. The number of pyridine rings is 1. The Balaban J connectivity index is 2.43. The lowest BCUT2D eigenvalue weighted by Crippen LogP contribution is -2.07. The molecule has 1 aliphatic carbocycles. The van der Waals surface area contributed by atoms with E-state index in [-0.39, 0.29) is 6.04 Å². The van der Waals surface area contributed by atoms with E-state index in [4.69, 9.17) is 0 Å². The number of hydrogen-bond acceptors (Lipinski definition) is 3. The van der Waals surface area contributed by atoms with Gasteiger partial charge in [0, 0.05) is 18.0 Å². The van der Waals surface area contributed by atoms with Gasteiger partial charge in [0.1, 0.15) is 6.04 Å². The van der Waals surface area contributed by atoms with Crippen molar-refractivity contribution in [3.8, 4) is 0 Å². The Hall–Kier alpha value is -1.25. The fourth-order valence-electron chi connectivity index (χ4n) is 1.71. The Morgan fingerprint density at radius 3 is 3.33 bits per heavy atom. The van der Waals surface area contributed by atoms with Crippen molar-refractivity contribution in [1.29, 1.82) is 0 Å². The Kier molecular flexibility index (Phi) is 1.86. The monoisotopic (exact) mass is 162 g/mol. The van der Waals surface area contributed by atoms with Crippen LogP contribution in [-0.4, -0.2) is 4.98 Å². The molecular formula is C9H10N2O. The summed E-state index contributed by atoms with van der Waals surface area (Å²) < 4.78 is 0. The molecule has 2 rings (SSSR count). The molecular weight excluding hydrogens is 152 g/mol. The molecule has 1 unspecified atom stereocenters. The highest BCUT2D eigenvalue weighted by molar-refractivity contribution is 5.28. The van der Waals surface area contributed by atoms with Gasteiger partial charge in [-0.25, -0.2) is 0 Å². The van der Waals surface area contributed by atoms with Crippen molar-refractivity contribution in [2.45, 2.75) is 25.3 Å². The number of fused-ring (bicyclic) bond motifs is 1. The van der Waals surface area contributed by atoms with Crippen LogP contribution in [0, 0.1) is 4.91 Å². The van der Waals surface area contributed by atoms with Crippen molar-refractivity contribution in [2.75, 3.05) is 0 Å². The molecule has 0 saturated heterocycles. The van der Waals surface area contributed by atoms with Crippen molar-refractivity contribution < 1.29 is 0 Å². The van der Waals surface area contributed by atoms with Crippen LogP contribution in [0.4, 0.5) is 0 Å². The summed E-state index contributed by atoms with van der Waals surface area (Å²) in [7, 11) is 0. The van der Waals surface area contributed by atoms with Gasteiger partial charge in [-0.2, -0.15) is 4.91 Å². The zero-order chi connectivity index (χ0) is 8.39. The van der Waals surface area contributed by atoms with Crippen molar-refractivity contribution >= 4 is 0 Å². The van der Waals surface area contributed by atoms with E-state index < -0.39 is 0 Å². The van der Waals surface area contributed by atoms with Gasteiger partial charge < -0.3 is 0 Å². The standard InChI is InChI=1S/C9H10N2O/c12-11-9-3-1-2-7-4-5-10-6-8(7)9/h4-6,9H,1-3H2. The van der Waals surface area contributed by atoms with Crippen LogP contribution in [0.2, 0.25) is 0 Å². The van der Waals surface area contributed by atoms with Gasteiger partial charge in [0.25, 0.3) is 0 Å². The van der Waals surface area contributed by atoms with Crippen molar-refractivity contribution in [3.05, 3.63) is 34.5 Å². The topological polar surface area (TPSA) is 42.3 Å². The van der Waals surface area contributed by atoms with E-state index in [1.165, 1.54) is 5.56 Å². The highest BCUT2D eigenvalue weighted by atomic mass is 16.3. The first-order valence-electron chi connectivity index (χ1n) is 4.17. The third-order valence-electron chi connectivity index (χ3n) is 2.36. The smallest absolute Gasteiger partial charge is 0.119 e. The molecule has 1 aromatic heterocycles. The number of aryl methyl sites for hydroxylation is 1. The van der Waals surface area contributed by atoms with E-state index in [1.54, 1.807) is 12.4 Å². The molecule has 0 aromatic carbocycles. The van der Waals surface area contributed by atoms with Crippen LogP contribution in [0.5, 0.6) is 0 Å². The van der Waals surface area contributed by atoms with Crippen LogP contribution < -0.4 is 0 Å². The van der Waals surface area contributed by atoms with Gasteiger partial charge in [0.05, 0.1) is 0 Å². The summed E-state index contributed by atoms with van der Waals surface area (Å²) in [6, 6.07) is 1.83. The summed E-state index contributed by atoms with van der Waals surface area (Å²) in [6.45, 7) is 0. The van der Waals surface area contributed by atoms with Crippen LogP contribution in [0.1, 0.15) is 30.0 Å². The lowest BCUT2D eigenvalue weighted by atomic mass is 9.90. The van der Waals surface area contributed by atoms with Gasteiger partial charge >= 0.3 is 0 Å². The molecule has 0 amide bonds. The van der Waals surface area contributed by atoms with Crippen LogP contribution >= 0.6 is 0 Å². The third-order valence-corrected chi connectivity index (χ3v) is 2.36. The number of nitroso groups, excluding NO2 is 1. The Morgan fingerprint density at radius 2 is 2.50 bits per heavy atom. The SMILES string of the molecule is O=NC1CCCc2ccncc21. The van der Waals surface area contributed by atoms with E-state index >= 15 is 0 Å². The summed E-state index contributed by atoms with van der Waals surface area (Å²) in [4.78, 5) is 14.4. The molecule has 1 aliphatic rings. The first-order valence-corrected chi connectivity index (χ1v) is 4.17. The van der Waals surface area contributed by atoms with Gasteiger partial charge in [-0.05, 0) is 30.9 Å². The Bertz CT molecular complexity index is 298. The summed E-state index contributed by atoms with van der Waals surface area (Å²) in [5.41, 5.74) is 2.26. The molecule has 3 nitrogen and oxygen atoms in total. The molecule has 0 bridgehead atoms. The van der Waals surface area contributed by atoms with Crippen molar-refractivity contribution in [2.24, 2.45) is 5.18 Å². The lowest BCUT2D eigenvalue weighted by Gasteiger charge is -2.18. The number of aromatic nitrogens is 1. The highest BCUT2D eigenvalue weighted by Crippen LogP contribution is 2.31. The summed E-state index contributed by atoms with van der Waals surface area (Å²) in [6.07, 6.45) is 6.53. The second-order valence-corrected chi connectivity index (χ2v) is 3.09. The van der Waals surface area contributed by atoms with Gasteiger partial charge in [0.2, 0.25) is 0 Å². The molecule has 62 valence electrons. The molecule has 1 aromatic rings. The molecule has 0 aliphatic heterocycles.